The molecule has 0 spiro atoms. The summed E-state index contributed by atoms with van der Waals surface area (Å²) in [6, 6.07) is 9.86. The Labute approximate surface area is 119 Å². The van der Waals surface area contributed by atoms with Gasteiger partial charge in [0.2, 0.25) is 0 Å². The smallest absolute Gasteiger partial charge is 0.124 e. The van der Waals surface area contributed by atoms with E-state index in [1.165, 1.54) is 5.56 Å². The van der Waals surface area contributed by atoms with Gasteiger partial charge < -0.3 is 14.8 Å². The highest BCUT2D eigenvalue weighted by Gasteiger charge is 2.05. The molecular formula is C16H20N2O2. The lowest BCUT2D eigenvalue weighted by Gasteiger charge is -2.12. The van der Waals surface area contributed by atoms with Crippen molar-refractivity contribution >= 4 is 0 Å². The van der Waals surface area contributed by atoms with E-state index in [-0.39, 0.29) is 0 Å². The van der Waals surface area contributed by atoms with Crippen LogP contribution in [0.25, 0.3) is 0 Å². The third-order valence-corrected chi connectivity index (χ3v) is 3.01. The predicted molar refractivity (Wildman–Crippen MR) is 79.2 cm³/mol. The quantitative estimate of drug-likeness (QED) is 0.840. The van der Waals surface area contributed by atoms with E-state index in [0.717, 1.165) is 30.0 Å². The molecule has 0 saturated heterocycles. The lowest BCUT2D eigenvalue weighted by Crippen LogP contribution is -2.09. The molecule has 1 aromatic heterocycles. The van der Waals surface area contributed by atoms with Gasteiger partial charge in [-0.05, 0) is 36.9 Å². The SMILES string of the molecule is CNCc1cc(OC)ccc1OCCc1cccnc1. The summed E-state index contributed by atoms with van der Waals surface area (Å²) in [7, 11) is 3.58. The van der Waals surface area contributed by atoms with E-state index in [1.54, 1.807) is 13.3 Å². The number of pyridine rings is 1. The number of aromatic nitrogens is 1. The van der Waals surface area contributed by atoms with Crippen LogP contribution in [0.2, 0.25) is 0 Å². The van der Waals surface area contributed by atoms with E-state index < -0.39 is 0 Å². The highest BCUT2D eigenvalue weighted by Crippen LogP contribution is 2.24. The molecule has 0 radical (unpaired) electrons. The predicted octanol–water partition coefficient (Wildman–Crippen LogP) is 2.43. The third-order valence-electron chi connectivity index (χ3n) is 3.01. The van der Waals surface area contributed by atoms with Crippen LogP contribution in [0.15, 0.2) is 42.7 Å². The van der Waals surface area contributed by atoms with Gasteiger partial charge in [-0.25, -0.2) is 0 Å². The van der Waals surface area contributed by atoms with E-state index in [0.29, 0.717) is 6.61 Å². The third kappa shape index (κ3) is 3.96. The molecule has 0 aliphatic heterocycles. The summed E-state index contributed by atoms with van der Waals surface area (Å²) < 4.78 is 11.1. The van der Waals surface area contributed by atoms with Crippen LogP contribution < -0.4 is 14.8 Å². The van der Waals surface area contributed by atoms with E-state index in [4.69, 9.17) is 9.47 Å². The number of hydrogen-bond donors (Lipinski definition) is 1. The van der Waals surface area contributed by atoms with Gasteiger partial charge >= 0.3 is 0 Å². The van der Waals surface area contributed by atoms with Crippen molar-refractivity contribution in [3.05, 3.63) is 53.9 Å². The summed E-state index contributed by atoms with van der Waals surface area (Å²) in [4.78, 5) is 4.10. The van der Waals surface area contributed by atoms with E-state index in [1.807, 2.05) is 37.5 Å². The molecule has 1 heterocycles. The lowest BCUT2D eigenvalue weighted by atomic mass is 10.2. The van der Waals surface area contributed by atoms with Gasteiger partial charge in [-0.1, -0.05) is 6.07 Å². The van der Waals surface area contributed by atoms with Gasteiger partial charge in [-0.15, -0.1) is 0 Å². The molecule has 0 fully saturated rings. The molecule has 0 aliphatic rings. The normalized spacial score (nSPS) is 10.3. The maximum absolute atomic E-state index is 5.87. The number of nitrogens with one attached hydrogen (secondary N) is 1. The van der Waals surface area contributed by atoms with Gasteiger partial charge in [0.15, 0.2) is 0 Å². The molecule has 0 aliphatic carbocycles. The lowest BCUT2D eigenvalue weighted by molar-refractivity contribution is 0.316. The van der Waals surface area contributed by atoms with Crippen LogP contribution in [-0.2, 0) is 13.0 Å². The Hall–Kier alpha value is -2.07. The second-order valence-electron chi connectivity index (χ2n) is 4.46. The first-order valence-electron chi connectivity index (χ1n) is 6.66. The Morgan fingerprint density at radius 1 is 1.25 bits per heavy atom. The molecule has 4 heteroatoms. The van der Waals surface area contributed by atoms with Gasteiger partial charge in [0, 0.05) is 30.9 Å². The van der Waals surface area contributed by atoms with Gasteiger partial charge in [-0.3, -0.25) is 4.98 Å². The fourth-order valence-corrected chi connectivity index (χ4v) is 1.98. The average molecular weight is 272 g/mol. The highest BCUT2D eigenvalue weighted by atomic mass is 16.5. The summed E-state index contributed by atoms with van der Waals surface area (Å²) >= 11 is 0. The topological polar surface area (TPSA) is 43.4 Å². The van der Waals surface area contributed by atoms with E-state index in [2.05, 4.69) is 16.4 Å². The van der Waals surface area contributed by atoms with Crippen molar-refractivity contribution in [3.8, 4) is 11.5 Å². The zero-order valence-corrected chi connectivity index (χ0v) is 11.9. The number of methoxy groups -OCH3 is 1. The molecule has 0 unspecified atom stereocenters. The molecular weight excluding hydrogens is 252 g/mol. The van der Waals surface area contributed by atoms with Crippen LogP contribution in [0.5, 0.6) is 11.5 Å². The average Bonchev–Trinajstić information content (AvgIpc) is 2.50. The fourth-order valence-electron chi connectivity index (χ4n) is 1.98. The monoisotopic (exact) mass is 272 g/mol. The highest BCUT2D eigenvalue weighted by molar-refractivity contribution is 5.40. The van der Waals surface area contributed by atoms with Crippen LogP contribution in [0.3, 0.4) is 0 Å². The zero-order chi connectivity index (χ0) is 14.2. The minimum atomic E-state index is 0.634. The van der Waals surface area contributed by atoms with Crippen molar-refractivity contribution in [1.82, 2.24) is 10.3 Å². The molecule has 0 atom stereocenters. The van der Waals surface area contributed by atoms with Crippen LogP contribution in [0, 0.1) is 0 Å². The number of ether oxygens (including phenoxy) is 2. The number of rotatable bonds is 7. The van der Waals surface area contributed by atoms with Gasteiger partial charge in [-0.2, -0.15) is 0 Å². The molecule has 2 aromatic rings. The molecule has 1 aromatic carbocycles. The van der Waals surface area contributed by atoms with Gasteiger partial charge in [0.05, 0.1) is 13.7 Å². The zero-order valence-electron chi connectivity index (χ0n) is 11.9. The summed E-state index contributed by atoms with van der Waals surface area (Å²) in [6.07, 6.45) is 4.49. The molecule has 4 nitrogen and oxygen atoms in total. The van der Waals surface area contributed by atoms with Crippen molar-refractivity contribution < 1.29 is 9.47 Å². The standard InChI is InChI=1S/C16H20N2O2/c1-17-12-14-10-15(19-2)5-6-16(14)20-9-7-13-4-3-8-18-11-13/h3-6,8,10-11,17H,7,9,12H2,1-2H3. The van der Waals surface area contributed by atoms with Crippen LogP contribution >= 0.6 is 0 Å². The second-order valence-corrected chi connectivity index (χ2v) is 4.46. The Morgan fingerprint density at radius 2 is 2.15 bits per heavy atom. The van der Waals surface area contributed by atoms with Crippen molar-refractivity contribution in [2.75, 3.05) is 20.8 Å². The summed E-state index contributed by atoms with van der Waals surface area (Å²) in [5.74, 6) is 1.74. The summed E-state index contributed by atoms with van der Waals surface area (Å²) in [5, 5.41) is 3.14. The first-order valence-corrected chi connectivity index (χ1v) is 6.66. The van der Waals surface area contributed by atoms with E-state index >= 15 is 0 Å². The molecule has 1 N–H and O–H groups in total. The summed E-state index contributed by atoms with van der Waals surface area (Å²) in [5.41, 5.74) is 2.27. The van der Waals surface area contributed by atoms with Crippen molar-refractivity contribution in [3.63, 3.8) is 0 Å². The largest absolute Gasteiger partial charge is 0.497 e. The first-order chi connectivity index (χ1) is 9.83. The van der Waals surface area contributed by atoms with Crippen LogP contribution in [0.1, 0.15) is 11.1 Å². The maximum atomic E-state index is 5.87. The Morgan fingerprint density at radius 3 is 2.85 bits per heavy atom. The second kappa shape index (κ2) is 7.50. The molecule has 0 amide bonds. The van der Waals surface area contributed by atoms with E-state index in [9.17, 15) is 0 Å². The van der Waals surface area contributed by atoms with Crippen molar-refractivity contribution in [2.45, 2.75) is 13.0 Å². The first kappa shape index (κ1) is 14.3. The summed E-state index contributed by atoms with van der Waals surface area (Å²) in [6.45, 7) is 1.38. The van der Waals surface area contributed by atoms with Crippen molar-refractivity contribution in [1.29, 1.82) is 0 Å². The van der Waals surface area contributed by atoms with Crippen molar-refractivity contribution in [2.24, 2.45) is 0 Å². The number of benzene rings is 1. The molecule has 106 valence electrons. The Balaban J connectivity index is 1.98. The number of nitrogens with zero attached hydrogens (tertiary/aromatic N) is 1. The molecule has 20 heavy (non-hydrogen) atoms. The Kier molecular flexibility index (Phi) is 5.38. The number of hydrogen-bond acceptors (Lipinski definition) is 4. The minimum Gasteiger partial charge on any atom is -0.497 e. The molecule has 0 bridgehead atoms. The van der Waals surface area contributed by atoms with Gasteiger partial charge in [0.1, 0.15) is 11.5 Å². The Bertz CT molecular complexity index is 529. The minimum absolute atomic E-state index is 0.634. The van der Waals surface area contributed by atoms with Gasteiger partial charge in [0.25, 0.3) is 0 Å². The molecule has 2 rings (SSSR count). The maximum Gasteiger partial charge on any atom is 0.124 e. The fraction of sp³-hybridized carbons (Fsp3) is 0.312. The molecule has 0 saturated carbocycles. The van der Waals surface area contributed by atoms with Crippen LogP contribution in [-0.4, -0.2) is 25.7 Å². The van der Waals surface area contributed by atoms with Crippen LogP contribution in [0.4, 0.5) is 0 Å².